The molecule has 2 N–H and O–H groups in total. The van der Waals surface area contributed by atoms with E-state index in [2.05, 4.69) is 135 Å². The van der Waals surface area contributed by atoms with Crippen LogP contribution in [0.15, 0.2) is 121 Å². The summed E-state index contributed by atoms with van der Waals surface area (Å²) in [5, 5.41) is 10.8. The van der Waals surface area contributed by atoms with Gasteiger partial charge in [0, 0.05) is 0 Å². The van der Waals surface area contributed by atoms with E-state index in [1.54, 1.807) is 0 Å². The Balaban J connectivity index is 1.82. The summed E-state index contributed by atoms with van der Waals surface area (Å²) in [6.45, 7) is 18.2. The molecule has 0 spiro atoms. The minimum atomic E-state index is -2.97. The van der Waals surface area contributed by atoms with E-state index in [-0.39, 0.29) is 16.9 Å². The standard InChI is InChI=1S/C42H55N2O4PSi/c1-31(2)38(44-40(46)47-41(4,5)6)39(45)43-37(30-49(33-22-14-10-15-23-33)34-24-16-11-17-25-34)32(3)48-50(42(7,8)9,35-26-18-12-19-27-35)36-28-20-13-21-29-36/h10-29,31-32,37-38H,30H2,1-9H3,(H,43,45)(H,44,46)/t32?,37-,38?/m1/s1. The Morgan fingerprint density at radius 2 is 1.08 bits per heavy atom. The molecule has 0 aliphatic carbocycles. The van der Waals surface area contributed by atoms with Crippen molar-refractivity contribution in [3.05, 3.63) is 121 Å². The summed E-state index contributed by atoms with van der Waals surface area (Å²) in [6.07, 6.45) is -0.363. The first-order valence-corrected chi connectivity index (χ1v) is 21.0. The van der Waals surface area contributed by atoms with Crippen LogP contribution in [0.25, 0.3) is 0 Å². The third-order valence-corrected chi connectivity index (χ3v) is 16.5. The number of rotatable bonds is 13. The van der Waals surface area contributed by atoms with Gasteiger partial charge in [-0.3, -0.25) is 4.79 Å². The number of ether oxygens (including phenoxy) is 1. The third kappa shape index (κ3) is 9.93. The maximum absolute atomic E-state index is 14.3. The molecular weight excluding hydrogens is 656 g/mol. The quantitative estimate of drug-likeness (QED) is 0.115. The van der Waals surface area contributed by atoms with Crippen LogP contribution in [0, 0.1) is 5.92 Å². The molecule has 0 saturated heterocycles. The van der Waals surface area contributed by atoms with Crippen molar-refractivity contribution in [2.75, 3.05) is 6.16 Å². The van der Waals surface area contributed by atoms with Crippen LogP contribution >= 0.6 is 7.92 Å². The van der Waals surface area contributed by atoms with Gasteiger partial charge in [-0.2, -0.15) is 0 Å². The number of nitrogens with one attached hydrogen (secondary N) is 2. The number of benzene rings is 4. The van der Waals surface area contributed by atoms with Gasteiger partial charge in [-0.15, -0.1) is 0 Å². The number of hydrogen-bond donors (Lipinski definition) is 2. The van der Waals surface area contributed by atoms with Crippen molar-refractivity contribution in [3.63, 3.8) is 0 Å². The van der Waals surface area contributed by atoms with Crippen LogP contribution in [0.4, 0.5) is 4.79 Å². The summed E-state index contributed by atoms with van der Waals surface area (Å²) in [4.78, 5) is 27.3. The van der Waals surface area contributed by atoms with Crippen LogP contribution in [-0.4, -0.2) is 50.3 Å². The molecular formula is C42H55N2O4PSi. The van der Waals surface area contributed by atoms with E-state index in [9.17, 15) is 9.59 Å². The van der Waals surface area contributed by atoms with Crippen molar-refractivity contribution in [1.29, 1.82) is 0 Å². The average molecular weight is 711 g/mol. The van der Waals surface area contributed by atoms with Crippen LogP contribution in [0.1, 0.15) is 62.3 Å². The van der Waals surface area contributed by atoms with Crippen molar-refractivity contribution in [2.24, 2.45) is 5.92 Å². The number of amides is 2. The highest BCUT2D eigenvalue weighted by molar-refractivity contribution is 7.73. The second-order valence-corrected chi connectivity index (χ2v) is 21.8. The van der Waals surface area contributed by atoms with Gasteiger partial charge in [-0.25, -0.2) is 4.79 Å². The molecule has 3 atom stereocenters. The molecule has 8 heteroatoms. The van der Waals surface area contributed by atoms with Gasteiger partial charge in [0.2, 0.25) is 5.91 Å². The zero-order valence-corrected chi connectivity index (χ0v) is 33.0. The molecule has 0 aromatic heterocycles. The molecule has 2 unspecified atom stereocenters. The normalized spacial score (nSPS) is 14.1. The minimum absolute atomic E-state index is 0.180. The predicted molar refractivity (Wildman–Crippen MR) is 212 cm³/mol. The first kappa shape index (κ1) is 39.0. The van der Waals surface area contributed by atoms with Crippen LogP contribution in [0.5, 0.6) is 0 Å². The highest BCUT2D eigenvalue weighted by atomic mass is 31.1. The molecule has 6 nitrogen and oxygen atoms in total. The lowest BCUT2D eigenvalue weighted by Gasteiger charge is -2.46. The molecule has 2 amide bonds. The van der Waals surface area contributed by atoms with Gasteiger partial charge >= 0.3 is 6.09 Å². The van der Waals surface area contributed by atoms with Gasteiger partial charge in [0.1, 0.15) is 11.6 Å². The average Bonchev–Trinajstić information content (AvgIpc) is 3.07. The van der Waals surface area contributed by atoms with E-state index in [1.807, 2.05) is 58.9 Å². The smallest absolute Gasteiger partial charge is 0.408 e. The van der Waals surface area contributed by atoms with E-state index in [4.69, 9.17) is 9.16 Å². The Morgan fingerprint density at radius 1 is 0.660 bits per heavy atom. The van der Waals surface area contributed by atoms with E-state index < -0.39 is 46.1 Å². The monoisotopic (exact) mass is 710 g/mol. The number of hydrogen-bond acceptors (Lipinski definition) is 4. The van der Waals surface area contributed by atoms with Gasteiger partial charge in [0.05, 0.1) is 12.1 Å². The van der Waals surface area contributed by atoms with Gasteiger partial charge in [-0.05, 0) is 73.7 Å². The predicted octanol–water partition coefficient (Wildman–Crippen LogP) is 7.12. The van der Waals surface area contributed by atoms with Crippen LogP contribution in [0.3, 0.4) is 0 Å². The summed E-state index contributed by atoms with van der Waals surface area (Å²) in [7, 11) is -3.86. The summed E-state index contributed by atoms with van der Waals surface area (Å²) >= 11 is 0. The van der Waals surface area contributed by atoms with Gasteiger partial charge in [-0.1, -0.05) is 156 Å². The molecule has 0 aliphatic heterocycles. The van der Waals surface area contributed by atoms with Crippen molar-refractivity contribution >= 4 is 49.2 Å². The van der Waals surface area contributed by atoms with Gasteiger partial charge < -0.3 is 19.8 Å². The van der Waals surface area contributed by atoms with E-state index in [0.29, 0.717) is 6.16 Å². The Hall–Kier alpha value is -3.77. The third-order valence-electron chi connectivity index (χ3n) is 8.81. The fraction of sp³-hybridized carbons (Fsp3) is 0.381. The molecule has 50 heavy (non-hydrogen) atoms. The molecule has 0 heterocycles. The summed E-state index contributed by atoms with van der Waals surface area (Å²) in [6, 6.07) is 41.0. The van der Waals surface area contributed by atoms with Gasteiger partial charge in [0.25, 0.3) is 8.32 Å². The Kier molecular flexibility index (Phi) is 13.2. The maximum Gasteiger partial charge on any atom is 0.408 e. The highest BCUT2D eigenvalue weighted by Gasteiger charge is 2.52. The lowest BCUT2D eigenvalue weighted by atomic mass is 10.0. The summed E-state index contributed by atoms with van der Waals surface area (Å²) in [5.41, 5.74) is -0.691. The fourth-order valence-electron chi connectivity index (χ4n) is 6.38. The largest absolute Gasteiger partial charge is 0.444 e. The number of carbonyl (C=O) groups excluding carboxylic acids is 2. The molecule has 0 bridgehead atoms. The van der Waals surface area contributed by atoms with Crippen molar-refractivity contribution < 1.29 is 18.8 Å². The molecule has 4 aromatic carbocycles. The van der Waals surface area contributed by atoms with E-state index in [0.717, 1.165) is 0 Å². The molecule has 0 radical (unpaired) electrons. The molecule has 0 saturated carbocycles. The summed E-state index contributed by atoms with van der Waals surface area (Å²) < 4.78 is 13.2. The van der Waals surface area contributed by atoms with Crippen LogP contribution in [0.2, 0.25) is 5.04 Å². The lowest BCUT2D eigenvalue weighted by molar-refractivity contribution is -0.125. The Morgan fingerprint density at radius 3 is 1.46 bits per heavy atom. The zero-order chi connectivity index (χ0) is 36.5. The molecule has 0 fully saturated rings. The second-order valence-electron chi connectivity index (χ2n) is 15.3. The summed E-state index contributed by atoms with van der Waals surface area (Å²) in [5.74, 6) is -0.439. The highest BCUT2D eigenvalue weighted by Crippen LogP contribution is 2.40. The van der Waals surface area contributed by atoms with Gasteiger partial charge in [0.15, 0.2) is 0 Å². The lowest BCUT2D eigenvalue weighted by Crippen LogP contribution is -2.69. The first-order chi connectivity index (χ1) is 23.6. The van der Waals surface area contributed by atoms with Crippen LogP contribution in [-0.2, 0) is 14.0 Å². The second kappa shape index (κ2) is 17.0. The zero-order valence-electron chi connectivity index (χ0n) is 31.1. The first-order valence-electron chi connectivity index (χ1n) is 17.6. The molecule has 4 rings (SSSR count). The molecule has 4 aromatic rings. The van der Waals surface area contributed by atoms with E-state index >= 15 is 0 Å². The fourth-order valence-corrected chi connectivity index (χ4v) is 13.7. The minimum Gasteiger partial charge on any atom is -0.444 e. The molecule has 0 aliphatic rings. The topological polar surface area (TPSA) is 76.7 Å². The SMILES string of the molecule is CC(C)C(NC(=O)OC(C)(C)C)C(=O)N[C@H](CP(c1ccccc1)c1ccccc1)C(C)O[Si](c1ccccc1)(c1ccccc1)C(C)(C)C. The Bertz CT molecular complexity index is 1560. The Labute approximate surface area is 302 Å². The van der Waals surface area contributed by atoms with Crippen molar-refractivity contribution in [3.8, 4) is 0 Å². The van der Waals surface area contributed by atoms with E-state index in [1.165, 1.54) is 21.0 Å². The number of carbonyl (C=O) groups is 2. The van der Waals surface area contributed by atoms with Crippen molar-refractivity contribution in [2.45, 2.75) is 91.1 Å². The molecule has 266 valence electrons. The number of alkyl carbamates (subject to hydrolysis) is 1. The van der Waals surface area contributed by atoms with Crippen LogP contribution < -0.4 is 31.6 Å². The van der Waals surface area contributed by atoms with Crippen molar-refractivity contribution in [1.82, 2.24) is 10.6 Å². The maximum atomic E-state index is 14.3.